The van der Waals surface area contributed by atoms with Gasteiger partial charge in [0.05, 0.1) is 28.3 Å². The van der Waals surface area contributed by atoms with E-state index in [2.05, 4.69) is 4.90 Å². The van der Waals surface area contributed by atoms with Crippen LogP contribution < -0.4 is 4.90 Å². The van der Waals surface area contributed by atoms with Gasteiger partial charge in [0.25, 0.3) is 5.91 Å². The summed E-state index contributed by atoms with van der Waals surface area (Å²) in [5.74, 6) is -0.219. The standard InChI is InChI=1S/C27H35ClN4O4S2/c1-4-10-31(11-5-2)38(34,35)23-8-6-21(7-9-23)26(33)32(13-12-30-14-16-36-17-15-30)27-29-25-20(3)18-22(28)19-24(25)37-27/h6-9,18-19H,4-5,10-17H2,1-3H3. The second-order valence-electron chi connectivity index (χ2n) is 9.41. The highest BCUT2D eigenvalue weighted by atomic mass is 35.5. The van der Waals surface area contributed by atoms with E-state index in [0.29, 0.717) is 55.1 Å². The first-order valence-electron chi connectivity index (χ1n) is 13.0. The Labute approximate surface area is 234 Å². The van der Waals surface area contributed by atoms with Gasteiger partial charge in [-0.1, -0.05) is 36.8 Å². The van der Waals surface area contributed by atoms with Gasteiger partial charge in [-0.15, -0.1) is 0 Å². The van der Waals surface area contributed by atoms with Crippen molar-refractivity contribution in [1.82, 2.24) is 14.2 Å². The van der Waals surface area contributed by atoms with Gasteiger partial charge < -0.3 is 4.74 Å². The Balaban J connectivity index is 1.63. The van der Waals surface area contributed by atoms with E-state index >= 15 is 0 Å². The molecule has 1 saturated heterocycles. The van der Waals surface area contributed by atoms with Gasteiger partial charge in [-0.05, 0) is 61.7 Å². The van der Waals surface area contributed by atoms with Crippen molar-refractivity contribution >= 4 is 54.2 Å². The molecular weight excluding hydrogens is 544 g/mol. The quantitative estimate of drug-likeness (QED) is 0.317. The van der Waals surface area contributed by atoms with Crippen molar-refractivity contribution in [3.63, 3.8) is 0 Å². The highest BCUT2D eigenvalue weighted by Gasteiger charge is 2.26. The second kappa shape index (κ2) is 12.8. The summed E-state index contributed by atoms with van der Waals surface area (Å²) in [5.41, 5.74) is 2.19. The van der Waals surface area contributed by atoms with Crippen LogP contribution in [0.5, 0.6) is 0 Å². The third kappa shape index (κ3) is 6.55. The maximum Gasteiger partial charge on any atom is 0.260 e. The fourth-order valence-corrected chi connectivity index (χ4v) is 7.60. The molecule has 0 radical (unpaired) electrons. The van der Waals surface area contributed by atoms with Crippen LogP contribution >= 0.6 is 22.9 Å². The maximum absolute atomic E-state index is 13.8. The molecule has 4 rings (SSSR count). The van der Waals surface area contributed by atoms with Gasteiger partial charge >= 0.3 is 0 Å². The van der Waals surface area contributed by atoms with Gasteiger partial charge in [-0.25, -0.2) is 13.4 Å². The van der Waals surface area contributed by atoms with E-state index in [4.69, 9.17) is 21.3 Å². The zero-order valence-corrected chi connectivity index (χ0v) is 24.5. The van der Waals surface area contributed by atoms with Crippen LogP contribution in [0.1, 0.15) is 42.6 Å². The molecule has 1 aliphatic heterocycles. The molecule has 11 heteroatoms. The zero-order chi connectivity index (χ0) is 27.3. The zero-order valence-electron chi connectivity index (χ0n) is 22.2. The fourth-order valence-electron chi connectivity index (χ4n) is 4.53. The summed E-state index contributed by atoms with van der Waals surface area (Å²) in [6.45, 7) is 10.9. The van der Waals surface area contributed by atoms with Crippen molar-refractivity contribution in [2.24, 2.45) is 0 Å². The SMILES string of the molecule is CCCN(CCC)S(=O)(=O)c1ccc(C(=O)N(CCN2CCOCC2)c2nc3c(C)cc(Cl)cc3s2)cc1. The highest BCUT2D eigenvalue weighted by Crippen LogP contribution is 2.33. The van der Waals surface area contributed by atoms with Gasteiger partial charge in [0.15, 0.2) is 5.13 Å². The summed E-state index contributed by atoms with van der Waals surface area (Å²) >= 11 is 7.70. The van der Waals surface area contributed by atoms with Gasteiger partial charge in [0, 0.05) is 49.9 Å². The highest BCUT2D eigenvalue weighted by molar-refractivity contribution is 7.89. The van der Waals surface area contributed by atoms with Crippen LogP contribution in [0.3, 0.4) is 0 Å². The monoisotopic (exact) mass is 578 g/mol. The predicted molar refractivity (Wildman–Crippen MR) is 154 cm³/mol. The van der Waals surface area contributed by atoms with Gasteiger partial charge in [-0.3, -0.25) is 14.6 Å². The molecular formula is C27H35ClN4O4S2. The van der Waals surface area contributed by atoms with Crippen molar-refractivity contribution in [2.45, 2.75) is 38.5 Å². The van der Waals surface area contributed by atoms with Crippen LogP contribution in [0.15, 0.2) is 41.3 Å². The molecule has 38 heavy (non-hydrogen) atoms. The number of anilines is 1. The lowest BCUT2D eigenvalue weighted by Gasteiger charge is -2.29. The first-order valence-corrected chi connectivity index (χ1v) is 15.7. The number of thiazole rings is 1. The number of halogens is 1. The number of aryl methyl sites for hydroxylation is 1. The molecule has 0 N–H and O–H groups in total. The summed E-state index contributed by atoms with van der Waals surface area (Å²) in [6.07, 6.45) is 1.47. The lowest BCUT2D eigenvalue weighted by atomic mass is 10.2. The van der Waals surface area contributed by atoms with Crippen LogP contribution in [-0.2, 0) is 14.8 Å². The Morgan fingerprint density at radius 3 is 2.37 bits per heavy atom. The third-order valence-electron chi connectivity index (χ3n) is 6.54. The molecule has 0 bridgehead atoms. The molecule has 3 aromatic rings. The Morgan fingerprint density at radius 1 is 1.08 bits per heavy atom. The lowest BCUT2D eigenvalue weighted by Crippen LogP contribution is -2.43. The van der Waals surface area contributed by atoms with Crippen LogP contribution in [0, 0.1) is 6.92 Å². The van der Waals surface area contributed by atoms with E-state index in [1.807, 2.05) is 32.9 Å². The molecule has 0 aliphatic carbocycles. The number of fused-ring (bicyclic) bond motifs is 1. The Kier molecular flexibility index (Phi) is 9.78. The van der Waals surface area contributed by atoms with Gasteiger partial charge in [0.2, 0.25) is 10.0 Å². The van der Waals surface area contributed by atoms with Crippen molar-refractivity contribution in [1.29, 1.82) is 0 Å². The molecule has 2 heterocycles. The smallest absolute Gasteiger partial charge is 0.260 e. The third-order valence-corrected chi connectivity index (χ3v) is 9.70. The van der Waals surface area contributed by atoms with E-state index in [-0.39, 0.29) is 10.8 Å². The molecule has 0 spiro atoms. The van der Waals surface area contributed by atoms with Crippen molar-refractivity contribution in [2.75, 3.05) is 57.4 Å². The van der Waals surface area contributed by atoms with E-state index < -0.39 is 10.0 Å². The molecule has 0 unspecified atom stereocenters. The average molecular weight is 579 g/mol. The number of ether oxygens (including phenoxy) is 1. The number of amides is 1. The van der Waals surface area contributed by atoms with Crippen LogP contribution in [0.4, 0.5) is 5.13 Å². The van der Waals surface area contributed by atoms with Gasteiger partial charge in [0.1, 0.15) is 0 Å². The van der Waals surface area contributed by atoms with Crippen LogP contribution in [0.2, 0.25) is 5.02 Å². The lowest BCUT2D eigenvalue weighted by molar-refractivity contribution is 0.0391. The minimum absolute atomic E-state index is 0.195. The number of carbonyl (C=O) groups excluding carboxylic acids is 1. The summed E-state index contributed by atoms with van der Waals surface area (Å²) < 4.78 is 34.2. The van der Waals surface area contributed by atoms with Crippen molar-refractivity contribution in [3.05, 3.63) is 52.5 Å². The molecule has 206 valence electrons. The second-order valence-corrected chi connectivity index (χ2v) is 12.8. The van der Waals surface area contributed by atoms with E-state index in [9.17, 15) is 13.2 Å². The van der Waals surface area contributed by atoms with E-state index in [1.165, 1.54) is 27.8 Å². The minimum Gasteiger partial charge on any atom is -0.379 e. The first kappa shape index (κ1) is 28.9. The molecule has 0 atom stereocenters. The molecule has 1 fully saturated rings. The van der Waals surface area contributed by atoms with Crippen LogP contribution in [0.25, 0.3) is 10.2 Å². The van der Waals surface area contributed by atoms with Crippen molar-refractivity contribution in [3.8, 4) is 0 Å². The van der Waals surface area contributed by atoms with E-state index in [1.54, 1.807) is 17.0 Å². The summed E-state index contributed by atoms with van der Waals surface area (Å²) in [5, 5.41) is 1.23. The van der Waals surface area contributed by atoms with E-state index in [0.717, 1.165) is 41.7 Å². The number of hydrogen-bond acceptors (Lipinski definition) is 7. The molecule has 0 saturated carbocycles. The van der Waals surface area contributed by atoms with Crippen LogP contribution in [-0.4, -0.2) is 81.0 Å². The number of rotatable bonds is 11. The van der Waals surface area contributed by atoms with Crippen molar-refractivity contribution < 1.29 is 17.9 Å². The number of aromatic nitrogens is 1. The number of carbonyl (C=O) groups is 1. The summed E-state index contributed by atoms with van der Waals surface area (Å²) in [7, 11) is -3.62. The largest absolute Gasteiger partial charge is 0.379 e. The molecule has 1 amide bonds. The topological polar surface area (TPSA) is 83.1 Å². The Hall–Kier alpha value is -2.08. The maximum atomic E-state index is 13.8. The Bertz CT molecular complexity index is 1350. The number of morpholine rings is 1. The Morgan fingerprint density at radius 2 is 1.74 bits per heavy atom. The number of nitrogens with zero attached hydrogens (tertiary/aromatic N) is 4. The normalized spacial score (nSPS) is 14.9. The summed E-state index contributed by atoms with van der Waals surface area (Å²) in [4.78, 5) is 22.8. The molecule has 8 nitrogen and oxygen atoms in total. The predicted octanol–water partition coefficient (Wildman–Crippen LogP) is 5.05. The minimum atomic E-state index is -3.62. The van der Waals surface area contributed by atoms with Gasteiger partial charge in [-0.2, -0.15) is 4.31 Å². The average Bonchev–Trinajstić information content (AvgIpc) is 3.33. The number of benzene rings is 2. The number of sulfonamides is 1. The molecule has 1 aromatic heterocycles. The summed E-state index contributed by atoms with van der Waals surface area (Å²) in [6, 6.07) is 10.00. The molecule has 2 aromatic carbocycles. The molecule has 1 aliphatic rings. The number of hydrogen-bond donors (Lipinski definition) is 0. The fraction of sp³-hybridized carbons (Fsp3) is 0.481. The first-order chi connectivity index (χ1) is 18.2.